The SMILES string of the molecule is C=CCOc1ccc(/C=C(\C#N)S(=O)(=O)c2ccc(C)cc2)cc1OC. The predicted octanol–water partition coefficient (Wildman–Crippen LogP) is 3.91. The van der Waals surface area contributed by atoms with Gasteiger partial charge in [0, 0.05) is 0 Å². The molecule has 0 atom stereocenters. The van der Waals surface area contributed by atoms with Gasteiger partial charge in [0.15, 0.2) is 11.5 Å². The van der Waals surface area contributed by atoms with E-state index in [1.54, 1.807) is 42.5 Å². The normalized spacial score (nSPS) is 11.5. The molecule has 0 radical (unpaired) electrons. The van der Waals surface area contributed by atoms with Gasteiger partial charge in [0.05, 0.1) is 12.0 Å². The average molecular weight is 369 g/mol. The van der Waals surface area contributed by atoms with Gasteiger partial charge in [-0.1, -0.05) is 36.4 Å². The van der Waals surface area contributed by atoms with Crippen LogP contribution in [-0.4, -0.2) is 22.1 Å². The van der Waals surface area contributed by atoms with E-state index in [0.717, 1.165) is 5.56 Å². The van der Waals surface area contributed by atoms with Crippen molar-refractivity contribution in [2.45, 2.75) is 11.8 Å². The van der Waals surface area contributed by atoms with Gasteiger partial charge in [-0.05, 0) is 42.8 Å². The number of benzene rings is 2. The van der Waals surface area contributed by atoms with Crippen molar-refractivity contribution >= 4 is 15.9 Å². The maximum Gasteiger partial charge on any atom is 0.216 e. The fourth-order valence-corrected chi connectivity index (χ4v) is 3.37. The number of sulfone groups is 1. The summed E-state index contributed by atoms with van der Waals surface area (Å²) in [5, 5.41) is 9.37. The molecule has 0 aliphatic rings. The standard InChI is InChI=1S/C20H19NO4S/c1-4-11-25-19-10-7-16(13-20(19)24-3)12-18(14-21)26(22,23)17-8-5-15(2)6-9-17/h4-10,12-13H,1,11H2,2-3H3/b18-12+. The number of hydrogen-bond donors (Lipinski definition) is 0. The summed E-state index contributed by atoms with van der Waals surface area (Å²) in [5.41, 5.74) is 1.45. The number of nitriles is 1. The Morgan fingerprint density at radius 3 is 2.46 bits per heavy atom. The molecule has 6 heteroatoms. The predicted molar refractivity (Wildman–Crippen MR) is 101 cm³/mol. The maximum atomic E-state index is 12.7. The molecule has 0 unspecified atom stereocenters. The third-order valence-corrected chi connectivity index (χ3v) is 5.25. The minimum absolute atomic E-state index is 0.0776. The molecule has 2 aromatic rings. The lowest BCUT2D eigenvalue weighted by molar-refractivity contribution is 0.326. The van der Waals surface area contributed by atoms with Crippen molar-refractivity contribution in [1.82, 2.24) is 0 Å². The number of rotatable bonds is 7. The Labute approximate surface area is 153 Å². The number of ether oxygens (including phenoxy) is 2. The summed E-state index contributed by atoms with van der Waals surface area (Å²) < 4.78 is 36.1. The van der Waals surface area contributed by atoms with E-state index in [0.29, 0.717) is 23.7 Å². The van der Waals surface area contributed by atoms with Crippen LogP contribution in [0.1, 0.15) is 11.1 Å². The molecular weight excluding hydrogens is 350 g/mol. The zero-order valence-corrected chi connectivity index (χ0v) is 15.4. The minimum atomic E-state index is -3.90. The van der Waals surface area contributed by atoms with Crippen LogP contribution in [0, 0.1) is 18.3 Å². The van der Waals surface area contributed by atoms with E-state index < -0.39 is 9.84 Å². The van der Waals surface area contributed by atoms with Gasteiger partial charge in [0.1, 0.15) is 17.6 Å². The maximum absolute atomic E-state index is 12.7. The summed E-state index contributed by atoms with van der Waals surface area (Å²) in [7, 11) is -2.41. The van der Waals surface area contributed by atoms with Crippen molar-refractivity contribution in [1.29, 1.82) is 5.26 Å². The van der Waals surface area contributed by atoms with Gasteiger partial charge in [-0.25, -0.2) is 8.42 Å². The fourth-order valence-electron chi connectivity index (χ4n) is 2.21. The third kappa shape index (κ3) is 4.32. The van der Waals surface area contributed by atoms with Gasteiger partial charge >= 0.3 is 0 Å². The second-order valence-electron chi connectivity index (χ2n) is 5.45. The van der Waals surface area contributed by atoms with E-state index >= 15 is 0 Å². The Kier molecular flexibility index (Phi) is 6.21. The van der Waals surface area contributed by atoms with Crippen LogP contribution >= 0.6 is 0 Å². The highest BCUT2D eigenvalue weighted by Gasteiger charge is 2.20. The number of aryl methyl sites for hydroxylation is 1. The van der Waals surface area contributed by atoms with Crippen LogP contribution in [0.15, 0.2) is 64.9 Å². The summed E-state index contributed by atoms with van der Waals surface area (Å²) in [4.78, 5) is -0.267. The highest BCUT2D eigenvalue weighted by molar-refractivity contribution is 7.95. The Balaban J connectivity index is 2.43. The topological polar surface area (TPSA) is 76.4 Å². The van der Waals surface area contributed by atoms with Gasteiger partial charge in [0.25, 0.3) is 0 Å². The molecular formula is C20H19NO4S. The van der Waals surface area contributed by atoms with E-state index in [1.165, 1.54) is 25.3 Å². The molecule has 0 amide bonds. The van der Waals surface area contributed by atoms with E-state index in [-0.39, 0.29) is 9.80 Å². The molecule has 0 N–H and O–H groups in total. The summed E-state index contributed by atoms with van der Waals surface area (Å²) in [6, 6.07) is 13.1. The van der Waals surface area contributed by atoms with E-state index in [1.807, 2.05) is 6.92 Å². The van der Waals surface area contributed by atoms with Crippen LogP contribution in [0.5, 0.6) is 11.5 Å². The number of hydrogen-bond acceptors (Lipinski definition) is 5. The lowest BCUT2D eigenvalue weighted by Gasteiger charge is -2.10. The minimum Gasteiger partial charge on any atom is -0.493 e. The fraction of sp³-hybridized carbons (Fsp3) is 0.150. The summed E-state index contributed by atoms with van der Waals surface area (Å²) in [5.74, 6) is 0.940. The first-order chi connectivity index (χ1) is 12.4. The van der Waals surface area contributed by atoms with Crippen molar-refractivity contribution in [3.63, 3.8) is 0 Å². The zero-order chi connectivity index (χ0) is 19.2. The molecule has 5 nitrogen and oxygen atoms in total. The molecule has 0 bridgehead atoms. The van der Waals surface area contributed by atoms with Crippen LogP contribution in [-0.2, 0) is 9.84 Å². The zero-order valence-electron chi connectivity index (χ0n) is 14.6. The second-order valence-corrected chi connectivity index (χ2v) is 7.36. The van der Waals surface area contributed by atoms with Gasteiger partial charge in [-0.2, -0.15) is 5.26 Å². The highest BCUT2D eigenvalue weighted by atomic mass is 32.2. The Morgan fingerprint density at radius 2 is 1.88 bits per heavy atom. The van der Waals surface area contributed by atoms with Crippen molar-refractivity contribution in [2.75, 3.05) is 13.7 Å². The second kappa shape index (κ2) is 8.37. The Bertz CT molecular complexity index is 968. The number of methoxy groups -OCH3 is 1. The van der Waals surface area contributed by atoms with Crippen LogP contribution in [0.4, 0.5) is 0 Å². The van der Waals surface area contributed by atoms with Crippen molar-refractivity contribution < 1.29 is 17.9 Å². The number of nitrogens with zero attached hydrogens (tertiary/aromatic N) is 1. The smallest absolute Gasteiger partial charge is 0.216 e. The van der Waals surface area contributed by atoms with Gasteiger partial charge in [0.2, 0.25) is 9.84 Å². The monoisotopic (exact) mass is 369 g/mol. The molecule has 0 spiro atoms. The van der Waals surface area contributed by atoms with Gasteiger partial charge in [-0.3, -0.25) is 0 Å². The molecule has 2 rings (SSSR count). The first-order valence-electron chi connectivity index (χ1n) is 7.77. The summed E-state index contributed by atoms with van der Waals surface area (Å²) in [6.45, 7) is 5.76. The van der Waals surface area contributed by atoms with E-state index in [2.05, 4.69) is 6.58 Å². The van der Waals surface area contributed by atoms with Crippen molar-refractivity contribution in [2.24, 2.45) is 0 Å². The quantitative estimate of drug-likeness (QED) is 0.546. The molecule has 0 aliphatic carbocycles. The molecule has 0 saturated heterocycles. The lowest BCUT2D eigenvalue weighted by atomic mass is 10.2. The molecule has 0 aliphatic heterocycles. The molecule has 0 fully saturated rings. The van der Waals surface area contributed by atoms with Crippen LogP contribution in [0.3, 0.4) is 0 Å². The molecule has 26 heavy (non-hydrogen) atoms. The van der Waals surface area contributed by atoms with Gasteiger partial charge in [-0.15, -0.1) is 0 Å². The van der Waals surface area contributed by atoms with Gasteiger partial charge < -0.3 is 9.47 Å². The molecule has 0 aromatic heterocycles. The largest absolute Gasteiger partial charge is 0.493 e. The average Bonchev–Trinajstić information content (AvgIpc) is 2.64. The first-order valence-corrected chi connectivity index (χ1v) is 9.26. The Morgan fingerprint density at radius 1 is 1.19 bits per heavy atom. The molecule has 134 valence electrons. The number of allylic oxidation sites excluding steroid dienone is 1. The first kappa shape index (κ1) is 19.3. The summed E-state index contributed by atoms with van der Waals surface area (Å²) >= 11 is 0. The highest BCUT2D eigenvalue weighted by Crippen LogP contribution is 2.30. The molecule has 2 aromatic carbocycles. The van der Waals surface area contributed by atoms with Crippen LogP contribution in [0.2, 0.25) is 0 Å². The third-order valence-electron chi connectivity index (χ3n) is 3.57. The van der Waals surface area contributed by atoms with E-state index in [4.69, 9.17) is 9.47 Å². The Hall–Kier alpha value is -3.04. The van der Waals surface area contributed by atoms with Crippen LogP contribution in [0.25, 0.3) is 6.08 Å². The summed E-state index contributed by atoms with van der Waals surface area (Å²) in [6.07, 6.45) is 2.92. The van der Waals surface area contributed by atoms with Crippen molar-refractivity contribution in [3.05, 3.63) is 71.2 Å². The lowest BCUT2D eigenvalue weighted by Crippen LogP contribution is -2.03. The van der Waals surface area contributed by atoms with Crippen molar-refractivity contribution in [3.8, 4) is 17.6 Å². The molecule has 0 heterocycles. The molecule has 0 saturated carbocycles. The van der Waals surface area contributed by atoms with Crippen LogP contribution < -0.4 is 9.47 Å². The van der Waals surface area contributed by atoms with E-state index in [9.17, 15) is 13.7 Å².